The molecule has 2 aromatic heterocycles. The van der Waals surface area contributed by atoms with Crippen molar-refractivity contribution in [1.82, 2.24) is 20.0 Å². The topological polar surface area (TPSA) is 92.7 Å². The van der Waals surface area contributed by atoms with Gasteiger partial charge in [0.05, 0.1) is 15.7 Å². The van der Waals surface area contributed by atoms with Gasteiger partial charge in [0.25, 0.3) is 5.56 Å². The first-order chi connectivity index (χ1) is 12.4. The molecule has 0 aliphatic carbocycles. The summed E-state index contributed by atoms with van der Waals surface area (Å²) < 4.78 is 1.52. The van der Waals surface area contributed by atoms with Crippen molar-refractivity contribution in [1.29, 1.82) is 0 Å². The van der Waals surface area contributed by atoms with Crippen molar-refractivity contribution in [3.63, 3.8) is 0 Å². The number of anilines is 1. The number of rotatable bonds is 2. The number of aryl methyl sites for hydroxylation is 1. The maximum atomic E-state index is 12.3. The lowest BCUT2D eigenvalue weighted by atomic mass is 9.86. The standard InChI is InChI=1S/C17H13Cl2N5O2/c1-8-16-10(9-2-3-11(18)12(19)6-9)7-15(26)20-17(16)24(23-8)13-4-5-14(25)22-21-13/h2-6,10H,7H2,1H3,(H,20,26)(H,22,25)/t10-/m1/s1. The van der Waals surface area contributed by atoms with Crippen LogP contribution in [0.15, 0.2) is 35.1 Å². The molecule has 3 aromatic rings. The molecule has 7 nitrogen and oxygen atoms in total. The van der Waals surface area contributed by atoms with E-state index in [2.05, 4.69) is 20.6 Å². The molecule has 0 saturated carbocycles. The van der Waals surface area contributed by atoms with Gasteiger partial charge in [-0.25, -0.2) is 5.10 Å². The fourth-order valence-electron chi connectivity index (χ4n) is 3.18. The van der Waals surface area contributed by atoms with E-state index >= 15 is 0 Å². The highest BCUT2D eigenvalue weighted by atomic mass is 35.5. The number of nitrogens with zero attached hydrogens (tertiary/aromatic N) is 3. The molecular formula is C17H13Cl2N5O2. The summed E-state index contributed by atoms with van der Waals surface area (Å²) in [5.41, 5.74) is 2.21. The molecule has 0 spiro atoms. The first-order valence-corrected chi connectivity index (χ1v) is 8.60. The molecule has 4 rings (SSSR count). The van der Waals surface area contributed by atoms with Crippen LogP contribution < -0.4 is 10.9 Å². The third-order valence-corrected chi connectivity index (χ3v) is 5.07. The number of halogens is 2. The second kappa shape index (κ2) is 6.26. The quantitative estimate of drug-likeness (QED) is 0.704. The van der Waals surface area contributed by atoms with Crippen LogP contribution in [0.25, 0.3) is 5.82 Å². The zero-order valence-electron chi connectivity index (χ0n) is 13.6. The number of nitrogens with one attached hydrogen (secondary N) is 2. The van der Waals surface area contributed by atoms with Crippen LogP contribution in [0.1, 0.15) is 29.2 Å². The Balaban J connectivity index is 1.88. The van der Waals surface area contributed by atoms with Crippen LogP contribution in [-0.2, 0) is 4.79 Å². The number of hydrogen-bond donors (Lipinski definition) is 2. The normalized spacial score (nSPS) is 16.3. The number of benzene rings is 1. The maximum Gasteiger partial charge on any atom is 0.264 e. The molecule has 3 heterocycles. The Morgan fingerprint density at radius 2 is 1.96 bits per heavy atom. The number of H-pyrrole nitrogens is 1. The summed E-state index contributed by atoms with van der Waals surface area (Å²) in [4.78, 5) is 23.6. The maximum absolute atomic E-state index is 12.3. The zero-order chi connectivity index (χ0) is 18.4. The molecule has 0 radical (unpaired) electrons. The molecular weight excluding hydrogens is 377 g/mol. The molecule has 0 saturated heterocycles. The van der Waals surface area contributed by atoms with Crippen LogP contribution in [0.2, 0.25) is 10.0 Å². The van der Waals surface area contributed by atoms with Gasteiger partial charge in [0, 0.05) is 24.0 Å². The van der Waals surface area contributed by atoms with Crippen LogP contribution in [0, 0.1) is 6.92 Å². The Morgan fingerprint density at radius 3 is 2.65 bits per heavy atom. The summed E-state index contributed by atoms with van der Waals surface area (Å²) in [6.07, 6.45) is 0.274. The van der Waals surface area contributed by atoms with Gasteiger partial charge in [0.2, 0.25) is 5.91 Å². The Morgan fingerprint density at radius 1 is 1.15 bits per heavy atom. The highest BCUT2D eigenvalue weighted by molar-refractivity contribution is 6.42. The second-order valence-electron chi connectivity index (χ2n) is 6.02. The van der Waals surface area contributed by atoms with E-state index in [0.29, 0.717) is 21.7 Å². The van der Waals surface area contributed by atoms with E-state index in [1.165, 1.54) is 10.7 Å². The second-order valence-corrected chi connectivity index (χ2v) is 6.83. The van der Waals surface area contributed by atoms with Gasteiger partial charge in [-0.2, -0.15) is 14.9 Å². The minimum absolute atomic E-state index is 0.140. The number of carbonyl (C=O) groups is 1. The zero-order valence-corrected chi connectivity index (χ0v) is 15.1. The monoisotopic (exact) mass is 389 g/mol. The summed E-state index contributed by atoms with van der Waals surface area (Å²) in [5, 5.41) is 14.6. The number of fused-ring (bicyclic) bond motifs is 1. The fraction of sp³-hybridized carbons (Fsp3) is 0.176. The van der Waals surface area contributed by atoms with Crippen LogP contribution in [-0.4, -0.2) is 25.9 Å². The van der Waals surface area contributed by atoms with Gasteiger partial charge in [-0.05, 0) is 30.7 Å². The minimum atomic E-state index is -0.316. The van der Waals surface area contributed by atoms with E-state index in [1.807, 2.05) is 13.0 Å². The van der Waals surface area contributed by atoms with Gasteiger partial charge in [0.1, 0.15) is 5.82 Å². The number of hydrogen-bond acceptors (Lipinski definition) is 4. The smallest absolute Gasteiger partial charge is 0.264 e. The van der Waals surface area contributed by atoms with Crippen LogP contribution in [0.5, 0.6) is 0 Å². The van der Waals surface area contributed by atoms with Crippen molar-refractivity contribution in [2.75, 3.05) is 5.32 Å². The van der Waals surface area contributed by atoms with E-state index in [9.17, 15) is 9.59 Å². The van der Waals surface area contributed by atoms with Gasteiger partial charge < -0.3 is 5.32 Å². The van der Waals surface area contributed by atoms with Crippen molar-refractivity contribution in [2.24, 2.45) is 0 Å². The molecule has 1 aliphatic rings. The molecule has 1 aliphatic heterocycles. The van der Waals surface area contributed by atoms with E-state index in [-0.39, 0.29) is 23.8 Å². The third-order valence-electron chi connectivity index (χ3n) is 4.33. The SMILES string of the molecule is Cc1nn(-c2ccc(=O)[nH]n2)c2c1[C@@H](c1ccc(Cl)c(Cl)c1)CC(=O)N2. The molecule has 26 heavy (non-hydrogen) atoms. The average Bonchev–Trinajstić information content (AvgIpc) is 2.94. The predicted octanol–water partition coefficient (Wildman–Crippen LogP) is 3.04. The van der Waals surface area contributed by atoms with E-state index in [0.717, 1.165) is 16.8 Å². The highest BCUT2D eigenvalue weighted by Crippen LogP contribution is 2.41. The minimum Gasteiger partial charge on any atom is -0.310 e. The first kappa shape index (κ1) is 16.8. The summed E-state index contributed by atoms with van der Waals surface area (Å²) in [6, 6.07) is 8.24. The van der Waals surface area contributed by atoms with Crippen molar-refractivity contribution < 1.29 is 4.79 Å². The molecule has 0 bridgehead atoms. The largest absolute Gasteiger partial charge is 0.310 e. The van der Waals surface area contributed by atoms with Gasteiger partial charge in [-0.3, -0.25) is 9.59 Å². The van der Waals surface area contributed by atoms with E-state index in [1.54, 1.807) is 18.2 Å². The molecule has 132 valence electrons. The van der Waals surface area contributed by atoms with Crippen LogP contribution in [0.4, 0.5) is 5.82 Å². The molecule has 2 N–H and O–H groups in total. The lowest BCUT2D eigenvalue weighted by Crippen LogP contribution is -2.25. The van der Waals surface area contributed by atoms with Gasteiger partial charge in [-0.15, -0.1) is 0 Å². The van der Waals surface area contributed by atoms with Crippen molar-refractivity contribution >= 4 is 34.9 Å². The lowest BCUT2D eigenvalue weighted by Gasteiger charge is -2.24. The predicted molar refractivity (Wildman–Crippen MR) is 98.3 cm³/mol. The molecule has 1 aromatic carbocycles. The summed E-state index contributed by atoms with van der Waals surface area (Å²) in [7, 11) is 0. The lowest BCUT2D eigenvalue weighted by molar-refractivity contribution is -0.116. The number of aromatic nitrogens is 4. The summed E-state index contributed by atoms with van der Waals surface area (Å²) in [5.74, 6) is 0.600. The van der Waals surface area contributed by atoms with Crippen LogP contribution in [0.3, 0.4) is 0 Å². The van der Waals surface area contributed by atoms with Crippen molar-refractivity contribution in [3.8, 4) is 5.82 Å². The number of carbonyl (C=O) groups excluding carboxylic acids is 1. The molecule has 1 atom stereocenters. The van der Waals surface area contributed by atoms with Crippen molar-refractivity contribution in [2.45, 2.75) is 19.3 Å². The molecule has 0 unspecified atom stereocenters. The summed E-state index contributed by atoms with van der Waals surface area (Å²) >= 11 is 12.2. The Labute approximate surface area is 157 Å². The van der Waals surface area contributed by atoms with E-state index in [4.69, 9.17) is 23.2 Å². The molecule has 9 heteroatoms. The van der Waals surface area contributed by atoms with Gasteiger partial charge >= 0.3 is 0 Å². The Kier molecular flexibility index (Phi) is 4.05. The summed E-state index contributed by atoms with van der Waals surface area (Å²) in [6.45, 7) is 1.86. The van der Waals surface area contributed by atoms with Crippen LogP contribution >= 0.6 is 23.2 Å². The molecule has 1 amide bonds. The Bertz CT molecular complexity index is 1070. The van der Waals surface area contributed by atoms with E-state index < -0.39 is 0 Å². The third kappa shape index (κ3) is 2.79. The molecule has 0 fully saturated rings. The van der Waals surface area contributed by atoms with Gasteiger partial charge in [0.15, 0.2) is 5.82 Å². The first-order valence-electron chi connectivity index (χ1n) is 7.84. The highest BCUT2D eigenvalue weighted by Gasteiger charge is 2.33. The number of aromatic amines is 1. The number of amides is 1. The van der Waals surface area contributed by atoms with Gasteiger partial charge in [-0.1, -0.05) is 29.3 Å². The fourth-order valence-corrected chi connectivity index (χ4v) is 3.49. The van der Waals surface area contributed by atoms with Crippen molar-refractivity contribution in [3.05, 3.63) is 67.6 Å². The Hall–Kier alpha value is -2.64. The average molecular weight is 390 g/mol.